The Morgan fingerprint density at radius 2 is 1.85 bits per heavy atom. The summed E-state index contributed by atoms with van der Waals surface area (Å²) >= 11 is 1.82. The Labute approximate surface area is 223 Å². The predicted octanol–water partition coefficient (Wildman–Crippen LogP) is 2.86. The number of nitrogens with zero attached hydrogens (tertiary/aromatic N) is 4. The van der Waals surface area contributed by atoms with Crippen molar-refractivity contribution in [3.8, 4) is 0 Å². The first kappa shape index (κ1) is 30.2. The minimum absolute atomic E-state index is 0. The zero-order chi connectivity index (χ0) is 20.5. The third kappa shape index (κ3) is 6.22. The van der Waals surface area contributed by atoms with Gasteiger partial charge < -0.3 is 15.7 Å². The molecule has 0 aromatic carbocycles. The molecule has 5 rings (SSSR count). The summed E-state index contributed by atoms with van der Waals surface area (Å²) < 4.78 is 0. The van der Waals surface area contributed by atoms with E-state index < -0.39 is 0 Å². The van der Waals surface area contributed by atoms with Crippen molar-refractivity contribution in [1.82, 2.24) is 19.8 Å². The van der Waals surface area contributed by atoms with Crippen molar-refractivity contribution in [2.45, 2.75) is 25.8 Å². The molecule has 1 saturated heterocycles. The minimum atomic E-state index is 0. The van der Waals surface area contributed by atoms with E-state index in [-0.39, 0.29) is 42.7 Å². The molecule has 186 valence electrons. The number of likely N-dealkylation sites (N-methyl/N-ethyl adjacent to an activating group) is 1. The van der Waals surface area contributed by atoms with Gasteiger partial charge in [-0.25, -0.2) is 0 Å². The van der Waals surface area contributed by atoms with Gasteiger partial charge in [0.1, 0.15) is 5.00 Å². The first-order valence-electron chi connectivity index (χ1n) is 10.6. The van der Waals surface area contributed by atoms with Gasteiger partial charge in [0.25, 0.3) is 0 Å². The van der Waals surface area contributed by atoms with Gasteiger partial charge >= 0.3 is 0 Å². The highest BCUT2D eigenvalue weighted by molar-refractivity contribution is 7.16. The number of pyridine rings is 2. The summed E-state index contributed by atoms with van der Waals surface area (Å²) in [6.07, 6.45) is 10.0. The molecule has 10 heteroatoms. The molecule has 0 spiro atoms. The molecule has 5 heterocycles. The van der Waals surface area contributed by atoms with Crippen LogP contribution < -0.4 is 15.9 Å². The van der Waals surface area contributed by atoms with Gasteiger partial charge in [-0.05, 0) is 62.7 Å². The number of anilines is 1. The lowest BCUT2D eigenvalue weighted by Crippen LogP contribution is -2.52. The van der Waals surface area contributed by atoms with Crippen LogP contribution in [0.3, 0.4) is 0 Å². The fourth-order valence-electron chi connectivity index (χ4n) is 4.46. The molecular formula is C24H32Cl3N5OS. The molecule has 3 N–H and O–H groups in total. The Morgan fingerprint density at radius 3 is 2.62 bits per heavy atom. The van der Waals surface area contributed by atoms with Crippen molar-refractivity contribution in [2.24, 2.45) is 0 Å². The van der Waals surface area contributed by atoms with E-state index in [1.807, 2.05) is 36.0 Å². The van der Waals surface area contributed by atoms with Gasteiger partial charge in [-0.2, -0.15) is 0 Å². The lowest BCUT2D eigenvalue weighted by molar-refractivity contribution is 0.128. The molecule has 0 amide bonds. The van der Waals surface area contributed by atoms with Gasteiger partial charge in [-0.15, -0.1) is 48.6 Å². The summed E-state index contributed by atoms with van der Waals surface area (Å²) in [4.78, 5) is 15.4. The van der Waals surface area contributed by atoms with E-state index in [0.29, 0.717) is 6.04 Å². The van der Waals surface area contributed by atoms with Gasteiger partial charge in [0.05, 0.1) is 11.0 Å². The van der Waals surface area contributed by atoms with E-state index in [0.717, 1.165) is 43.0 Å². The zero-order valence-corrected chi connectivity index (χ0v) is 22.5. The van der Waals surface area contributed by atoms with E-state index in [2.05, 4.69) is 64.5 Å². The number of hydrogen-bond donors (Lipinski definition) is 1. The van der Waals surface area contributed by atoms with E-state index in [1.54, 1.807) is 0 Å². The van der Waals surface area contributed by atoms with Gasteiger partial charge in [0, 0.05) is 66.1 Å². The highest BCUT2D eigenvalue weighted by Crippen LogP contribution is 2.35. The summed E-state index contributed by atoms with van der Waals surface area (Å²) in [5.41, 5.74) is 3.91. The van der Waals surface area contributed by atoms with Crippen molar-refractivity contribution in [3.05, 3.63) is 75.5 Å². The lowest BCUT2D eigenvalue weighted by atomic mass is 10.0. The van der Waals surface area contributed by atoms with E-state index in [9.17, 15) is 0 Å². The maximum absolute atomic E-state index is 4.82. The monoisotopic (exact) mass is 543 g/mol. The van der Waals surface area contributed by atoms with Gasteiger partial charge in [0.15, 0.2) is 0 Å². The third-order valence-corrected chi connectivity index (χ3v) is 7.12. The van der Waals surface area contributed by atoms with Crippen LogP contribution in [0.1, 0.15) is 22.4 Å². The van der Waals surface area contributed by atoms with Crippen LogP contribution in [0, 0.1) is 6.92 Å². The largest absolute Gasteiger partial charge is 0.412 e. The molecule has 2 aliphatic rings. The number of halogens is 3. The van der Waals surface area contributed by atoms with E-state index in [4.69, 9.17) is 4.98 Å². The number of piperazine rings is 1. The van der Waals surface area contributed by atoms with Crippen LogP contribution in [0.4, 0.5) is 5.00 Å². The molecule has 0 radical (unpaired) electrons. The second kappa shape index (κ2) is 13.3. The lowest BCUT2D eigenvalue weighted by Gasteiger charge is -2.41. The van der Waals surface area contributed by atoms with Crippen LogP contribution >= 0.6 is 48.6 Å². The topological polar surface area (TPSA) is 75.8 Å². The molecule has 3 aromatic rings. The van der Waals surface area contributed by atoms with E-state index in [1.165, 1.54) is 26.7 Å². The molecule has 1 atom stereocenters. The molecule has 1 unspecified atom stereocenters. The average molecular weight is 545 g/mol. The molecule has 1 fully saturated rings. The third-order valence-electron chi connectivity index (χ3n) is 6.14. The van der Waals surface area contributed by atoms with Crippen molar-refractivity contribution < 1.29 is 5.48 Å². The quantitative estimate of drug-likeness (QED) is 0.547. The van der Waals surface area contributed by atoms with Crippen LogP contribution in [-0.2, 0) is 6.42 Å². The highest BCUT2D eigenvalue weighted by atomic mass is 35.5. The standard InChI is InChI=1S/C24H27N5S.3ClH.H2O/c1-17-14-21-23(22-19(4-3-9-26-22)15-27-24(21)30-17)29-13-12-28(2)20(16-29)6-5-18-7-10-25-11-8-18;;;;/h3-4,7-11,14-15,20,27H,5-6,12-13,16H2,1-2H3;3*1H;1H2. The van der Waals surface area contributed by atoms with Crippen LogP contribution in [0.25, 0.3) is 11.9 Å². The minimum Gasteiger partial charge on any atom is -0.412 e. The van der Waals surface area contributed by atoms with Crippen LogP contribution in [0.5, 0.6) is 0 Å². The van der Waals surface area contributed by atoms with Crippen molar-refractivity contribution in [2.75, 3.05) is 32.0 Å². The number of hydrogen-bond acceptors (Lipinski definition) is 6. The maximum Gasteiger partial charge on any atom is 0.102 e. The molecule has 0 aliphatic carbocycles. The maximum atomic E-state index is 4.82. The van der Waals surface area contributed by atoms with Gasteiger partial charge in [-0.1, -0.05) is 0 Å². The number of rotatable bonds is 4. The summed E-state index contributed by atoms with van der Waals surface area (Å²) in [5.74, 6) is 0. The Kier molecular flexibility index (Phi) is 11.8. The zero-order valence-electron chi connectivity index (χ0n) is 19.2. The van der Waals surface area contributed by atoms with Crippen LogP contribution in [-0.4, -0.2) is 58.0 Å². The summed E-state index contributed by atoms with van der Waals surface area (Å²) in [5, 5.41) is 6.98. The Morgan fingerprint density at radius 1 is 1.09 bits per heavy atom. The summed E-state index contributed by atoms with van der Waals surface area (Å²) in [7, 11) is 2.26. The number of fused-ring (bicyclic) bond motifs is 2. The SMILES string of the molecule is Cc1cc2c(s1)NC=c1cccnc1=C2N1CCN(C)C(CCc2ccncc2)C1.Cl.Cl.Cl.O. The summed E-state index contributed by atoms with van der Waals surface area (Å²) in [6, 6.07) is 11.2. The molecule has 2 aliphatic heterocycles. The van der Waals surface area contributed by atoms with Gasteiger partial charge in [0.2, 0.25) is 0 Å². The molecule has 3 aromatic heterocycles. The Hall–Kier alpha value is -1.87. The molecule has 34 heavy (non-hydrogen) atoms. The van der Waals surface area contributed by atoms with Crippen molar-refractivity contribution >= 4 is 65.5 Å². The first-order valence-corrected chi connectivity index (χ1v) is 11.4. The smallest absolute Gasteiger partial charge is 0.102 e. The van der Waals surface area contributed by atoms with Crippen molar-refractivity contribution in [1.29, 1.82) is 0 Å². The number of nitrogens with one attached hydrogen (secondary N) is 1. The first-order chi connectivity index (χ1) is 14.7. The number of thiophene rings is 1. The molecular weight excluding hydrogens is 513 g/mol. The number of aromatic nitrogens is 2. The summed E-state index contributed by atoms with van der Waals surface area (Å²) in [6.45, 7) is 5.27. The molecule has 0 bridgehead atoms. The van der Waals surface area contributed by atoms with Crippen LogP contribution in [0.15, 0.2) is 48.9 Å². The average Bonchev–Trinajstić information content (AvgIpc) is 3.07. The number of aryl methyl sites for hydroxylation is 2. The highest BCUT2D eigenvalue weighted by Gasteiger charge is 2.28. The Balaban J connectivity index is 0.00000144. The van der Waals surface area contributed by atoms with Crippen molar-refractivity contribution in [3.63, 3.8) is 0 Å². The fourth-order valence-corrected chi connectivity index (χ4v) is 5.35. The van der Waals surface area contributed by atoms with E-state index >= 15 is 0 Å². The Bertz CT molecular complexity index is 1170. The second-order valence-electron chi connectivity index (χ2n) is 8.15. The fraction of sp³-hybridized carbons (Fsp3) is 0.333. The molecule has 0 saturated carbocycles. The second-order valence-corrected chi connectivity index (χ2v) is 9.41. The predicted molar refractivity (Wildman–Crippen MR) is 149 cm³/mol. The normalized spacial score (nSPS) is 16.6. The van der Waals surface area contributed by atoms with Crippen LogP contribution in [0.2, 0.25) is 0 Å². The van der Waals surface area contributed by atoms with Gasteiger partial charge in [-0.3, -0.25) is 14.9 Å². The molecule has 6 nitrogen and oxygen atoms in total.